The molecule has 0 unspecified atom stereocenters. The first kappa shape index (κ1) is 18.8. The second-order valence-electron chi connectivity index (χ2n) is 4.75. The zero-order valence-corrected chi connectivity index (χ0v) is 12.5. The van der Waals surface area contributed by atoms with Crippen molar-refractivity contribution in [2.24, 2.45) is 0 Å². The van der Waals surface area contributed by atoms with Crippen LogP contribution < -0.4 is 10.1 Å². The monoisotopic (exact) mass is 342 g/mol. The molecule has 0 aliphatic carbocycles. The number of ether oxygens (including phenoxy) is 1. The van der Waals surface area contributed by atoms with E-state index < -0.39 is 18.2 Å². The van der Waals surface area contributed by atoms with Gasteiger partial charge in [0.25, 0.3) is 0 Å². The minimum Gasteiger partial charge on any atom is -0.508 e. The summed E-state index contributed by atoms with van der Waals surface area (Å²) in [6.45, 7) is 2.40. The molecule has 3 N–H and O–H groups in total. The average Bonchev–Trinajstić information content (AvgIpc) is 2.43. The van der Waals surface area contributed by atoms with Crippen LogP contribution in [0.4, 0.5) is 13.2 Å². The van der Waals surface area contributed by atoms with Crippen LogP contribution in [-0.4, -0.2) is 54.3 Å². The molecule has 1 heterocycles. The topological polar surface area (TPSA) is 65.0 Å². The Morgan fingerprint density at radius 3 is 2.45 bits per heavy atom. The zero-order valence-electron chi connectivity index (χ0n) is 11.6. The molecule has 1 atom stereocenters. The van der Waals surface area contributed by atoms with Crippen LogP contribution in [0.25, 0.3) is 0 Å². The van der Waals surface area contributed by atoms with Crippen LogP contribution in [0.15, 0.2) is 18.2 Å². The molecule has 1 aromatic rings. The smallest absolute Gasteiger partial charge is 0.508 e. The van der Waals surface area contributed by atoms with Gasteiger partial charge in [-0.25, -0.2) is 0 Å². The van der Waals surface area contributed by atoms with Crippen LogP contribution in [0.1, 0.15) is 11.6 Å². The number of phenolic OH excluding ortho intramolecular Hbond substituents is 1. The lowest BCUT2D eigenvalue weighted by Gasteiger charge is -2.34. The van der Waals surface area contributed by atoms with Crippen LogP contribution in [0.5, 0.6) is 11.5 Å². The van der Waals surface area contributed by atoms with Crippen LogP contribution in [0, 0.1) is 0 Å². The number of hydrogen-bond acceptors (Lipinski definition) is 5. The third-order valence-corrected chi connectivity index (χ3v) is 3.36. The maximum Gasteiger partial charge on any atom is 0.573 e. The molecule has 1 aliphatic rings. The molecule has 22 heavy (non-hydrogen) atoms. The molecule has 0 bridgehead atoms. The van der Waals surface area contributed by atoms with Crippen LogP contribution in [0.3, 0.4) is 0 Å². The zero-order chi connectivity index (χ0) is 15.5. The van der Waals surface area contributed by atoms with Gasteiger partial charge in [-0.3, -0.25) is 4.90 Å². The van der Waals surface area contributed by atoms with Gasteiger partial charge >= 0.3 is 6.36 Å². The standard InChI is InChI=1S/C13H17F3N2O3.ClH/c14-13(15,16)21-9-1-2-12(20)10(7-9)11(8-19)18-5-3-17-4-6-18;/h1-2,7,11,17,19-20H,3-6,8H2;1H/t11-;/m1./s1. The van der Waals surface area contributed by atoms with E-state index in [4.69, 9.17) is 0 Å². The molecule has 1 aromatic carbocycles. The van der Waals surface area contributed by atoms with Gasteiger partial charge in [0.1, 0.15) is 11.5 Å². The Kier molecular flexibility index (Phi) is 6.73. The van der Waals surface area contributed by atoms with E-state index in [1.807, 2.05) is 4.90 Å². The van der Waals surface area contributed by atoms with Gasteiger partial charge in [0.15, 0.2) is 0 Å². The molecule has 1 aliphatic heterocycles. The molecule has 1 saturated heterocycles. The van der Waals surface area contributed by atoms with E-state index in [1.54, 1.807) is 0 Å². The van der Waals surface area contributed by atoms with Gasteiger partial charge in [-0.05, 0) is 18.2 Å². The Labute approximate surface area is 132 Å². The van der Waals surface area contributed by atoms with E-state index in [9.17, 15) is 23.4 Å². The van der Waals surface area contributed by atoms with E-state index in [0.29, 0.717) is 13.1 Å². The summed E-state index contributed by atoms with van der Waals surface area (Å²) in [6.07, 6.45) is -4.79. The van der Waals surface area contributed by atoms with Crippen LogP contribution in [0.2, 0.25) is 0 Å². The summed E-state index contributed by atoms with van der Waals surface area (Å²) in [4.78, 5) is 1.91. The highest BCUT2D eigenvalue weighted by Gasteiger charge is 2.32. The van der Waals surface area contributed by atoms with Gasteiger partial charge in [0, 0.05) is 31.7 Å². The van der Waals surface area contributed by atoms with Crippen molar-refractivity contribution in [3.8, 4) is 11.5 Å². The molecular weight excluding hydrogens is 325 g/mol. The van der Waals surface area contributed by atoms with E-state index in [-0.39, 0.29) is 30.3 Å². The van der Waals surface area contributed by atoms with Gasteiger partial charge in [0.2, 0.25) is 0 Å². The minimum atomic E-state index is -4.79. The maximum atomic E-state index is 12.3. The van der Waals surface area contributed by atoms with Crippen molar-refractivity contribution in [3.63, 3.8) is 0 Å². The number of rotatable bonds is 4. The lowest BCUT2D eigenvalue weighted by molar-refractivity contribution is -0.274. The lowest BCUT2D eigenvalue weighted by atomic mass is 10.0. The highest BCUT2D eigenvalue weighted by atomic mass is 35.5. The summed E-state index contributed by atoms with van der Waals surface area (Å²) < 4.78 is 40.6. The van der Waals surface area contributed by atoms with E-state index in [2.05, 4.69) is 10.1 Å². The fourth-order valence-electron chi connectivity index (χ4n) is 2.40. The number of aliphatic hydroxyl groups excluding tert-OH is 1. The number of nitrogens with zero attached hydrogens (tertiary/aromatic N) is 1. The van der Waals surface area contributed by atoms with Gasteiger partial charge in [-0.1, -0.05) is 0 Å². The quantitative estimate of drug-likeness (QED) is 0.776. The fourth-order valence-corrected chi connectivity index (χ4v) is 2.40. The molecule has 9 heteroatoms. The van der Waals surface area contributed by atoms with Crippen molar-refractivity contribution in [2.75, 3.05) is 32.8 Å². The van der Waals surface area contributed by atoms with Crippen LogP contribution in [-0.2, 0) is 0 Å². The summed E-state index contributed by atoms with van der Waals surface area (Å²) >= 11 is 0. The van der Waals surface area contributed by atoms with E-state index in [0.717, 1.165) is 31.3 Å². The second-order valence-corrected chi connectivity index (χ2v) is 4.75. The summed E-state index contributed by atoms with van der Waals surface area (Å²) in [5.74, 6) is -0.578. The summed E-state index contributed by atoms with van der Waals surface area (Å²) in [5.41, 5.74) is 0.223. The van der Waals surface area contributed by atoms with Crippen molar-refractivity contribution < 1.29 is 28.1 Å². The highest BCUT2D eigenvalue weighted by molar-refractivity contribution is 5.85. The number of aromatic hydroxyl groups is 1. The molecule has 5 nitrogen and oxygen atoms in total. The predicted molar refractivity (Wildman–Crippen MR) is 76.3 cm³/mol. The number of nitrogens with one attached hydrogen (secondary N) is 1. The fraction of sp³-hybridized carbons (Fsp3) is 0.538. The number of hydrogen-bond donors (Lipinski definition) is 3. The van der Waals surface area contributed by atoms with Crippen molar-refractivity contribution in [3.05, 3.63) is 23.8 Å². The highest BCUT2D eigenvalue weighted by Crippen LogP contribution is 2.33. The predicted octanol–water partition coefficient (Wildman–Crippen LogP) is 1.65. The average molecular weight is 343 g/mol. The van der Waals surface area contributed by atoms with Gasteiger partial charge in [-0.15, -0.1) is 25.6 Å². The SMILES string of the molecule is Cl.OC[C@H](c1cc(OC(F)(F)F)ccc1O)N1CCNCC1. The van der Waals surface area contributed by atoms with Gasteiger partial charge in [0.05, 0.1) is 12.6 Å². The normalized spacial score (nSPS) is 17.6. The number of piperazine rings is 1. The molecule has 0 saturated carbocycles. The van der Waals surface area contributed by atoms with Crippen molar-refractivity contribution in [1.29, 1.82) is 0 Å². The molecule has 1 fully saturated rings. The van der Waals surface area contributed by atoms with E-state index >= 15 is 0 Å². The minimum absolute atomic E-state index is 0. The summed E-state index contributed by atoms with van der Waals surface area (Å²) in [7, 11) is 0. The Hall–Kier alpha value is -1.22. The maximum absolute atomic E-state index is 12.3. The van der Waals surface area contributed by atoms with E-state index in [1.165, 1.54) is 0 Å². The Bertz CT molecular complexity index is 482. The number of aliphatic hydroxyl groups is 1. The van der Waals surface area contributed by atoms with Crippen molar-refractivity contribution in [1.82, 2.24) is 10.2 Å². The first-order valence-electron chi connectivity index (χ1n) is 6.55. The molecule has 2 rings (SSSR count). The largest absolute Gasteiger partial charge is 0.573 e. The molecule has 126 valence electrons. The molecule has 0 aromatic heterocycles. The Morgan fingerprint density at radius 1 is 1.27 bits per heavy atom. The Morgan fingerprint density at radius 2 is 1.91 bits per heavy atom. The Balaban J connectivity index is 0.00000242. The second kappa shape index (κ2) is 7.87. The molecule has 0 spiro atoms. The van der Waals surface area contributed by atoms with Crippen molar-refractivity contribution in [2.45, 2.75) is 12.4 Å². The summed E-state index contributed by atoms with van der Waals surface area (Å²) in [6, 6.07) is 2.73. The molecule has 0 amide bonds. The number of phenols is 1. The molecule has 0 radical (unpaired) electrons. The third kappa shape index (κ3) is 4.91. The molecular formula is C13H18ClF3N2O3. The van der Waals surface area contributed by atoms with Gasteiger partial charge < -0.3 is 20.3 Å². The lowest BCUT2D eigenvalue weighted by Crippen LogP contribution is -2.46. The first-order valence-corrected chi connectivity index (χ1v) is 6.55. The first-order chi connectivity index (χ1) is 9.90. The van der Waals surface area contributed by atoms with Crippen molar-refractivity contribution >= 4 is 12.4 Å². The number of alkyl halides is 3. The van der Waals surface area contributed by atoms with Crippen LogP contribution >= 0.6 is 12.4 Å². The number of halogens is 4. The summed E-state index contributed by atoms with van der Waals surface area (Å²) in [5, 5.41) is 22.6. The third-order valence-electron chi connectivity index (χ3n) is 3.36. The number of benzene rings is 1. The van der Waals surface area contributed by atoms with Gasteiger partial charge in [-0.2, -0.15) is 0 Å².